The maximum Gasteiger partial charge on any atom is 0.307 e. The number of ether oxygens (including phenoxy) is 3. The van der Waals surface area contributed by atoms with Gasteiger partial charge in [0.1, 0.15) is 37.1 Å². The Morgan fingerprint density at radius 2 is 1.05 bits per heavy atom. The number of amides is 2. The number of aromatic nitrogens is 1. The SMILES string of the molecule is C=C(C)OCc1ccc(CC(=O)O)cc1.CC(=O)OCc1ccc(CC(=O)CC(N)=S)cc1.CC(=O)OCc1ccc(CC(=O)NC(N)=S)cc1.Cc1ccc(C(=O)CBr)c(C)c1.NC(N)=S.O=C(Cc1ccc(CO)cc1)Nc1nc(-c2ccc(O)cc2O)cs1. The van der Waals surface area contributed by atoms with Crippen LogP contribution < -0.4 is 33.6 Å². The van der Waals surface area contributed by atoms with Crippen LogP contribution in [0.25, 0.3) is 11.3 Å². The van der Waals surface area contributed by atoms with Crippen LogP contribution in [0.3, 0.4) is 0 Å². The lowest BCUT2D eigenvalue weighted by Crippen LogP contribution is -2.35. The first-order valence-corrected chi connectivity index (χ1v) is 30.7. The fourth-order valence-corrected chi connectivity index (χ4v) is 8.67. The molecule has 0 spiro atoms. The van der Waals surface area contributed by atoms with Gasteiger partial charge in [-0.1, -0.05) is 156 Å². The summed E-state index contributed by atoms with van der Waals surface area (Å²) in [6.07, 6.45) is 0.896. The smallest absolute Gasteiger partial charge is 0.307 e. The molecule has 0 aliphatic heterocycles. The van der Waals surface area contributed by atoms with Crippen LogP contribution in [-0.2, 0) is 95.1 Å². The largest absolute Gasteiger partial charge is 0.508 e. The van der Waals surface area contributed by atoms with Gasteiger partial charge in [-0.3, -0.25) is 33.6 Å². The maximum absolute atomic E-state index is 12.1. The van der Waals surface area contributed by atoms with Crippen LogP contribution in [0.1, 0.15) is 93.2 Å². The highest BCUT2D eigenvalue weighted by Crippen LogP contribution is 2.34. The van der Waals surface area contributed by atoms with E-state index in [1.807, 2.05) is 68.4 Å². The molecule has 92 heavy (non-hydrogen) atoms. The normalized spacial score (nSPS) is 9.82. The summed E-state index contributed by atoms with van der Waals surface area (Å²) in [5.41, 5.74) is 30.7. The molecule has 1 aromatic heterocycles. The molecule has 26 heteroatoms. The molecule has 1 heterocycles. The number of allylic oxidation sites excluding steroid dienone is 1. The molecule has 488 valence electrons. The number of aromatic hydroxyl groups is 2. The number of benzene rings is 6. The van der Waals surface area contributed by atoms with Gasteiger partial charge in [-0.2, -0.15) is 0 Å². The molecule has 0 aliphatic rings. The van der Waals surface area contributed by atoms with Crippen molar-refractivity contribution in [2.24, 2.45) is 22.9 Å². The first-order chi connectivity index (χ1) is 43.4. The van der Waals surface area contributed by atoms with E-state index in [4.69, 9.17) is 35.9 Å². The number of phenols is 2. The van der Waals surface area contributed by atoms with Crippen LogP contribution in [0.4, 0.5) is 5.13 Å². The second-order valence-electron chi connectivity index (χ2n) is 19.7. The van der Waals surface area contributed by atoms with E-state index in [9.17, 15) is 43.8 Å². The number of nitrogens with two attached hydrogens (primary N) is 4. The zero-order chi connectivity index (χ0) is 68.9. The predicted molar refractivity (Wildman–Crippen MR) is 371 cm³/mol. The van der Waals surface area contributed by atoms with Crippen LogP contribution in [0.15, 0.2) is 151 Å². The van der Waals surface area contributed by atoms with Crippen LogP contribution in [-0.4, -0.2) is 87.2 Å². The summed E-state index contributed by atoms with van der Waals surface area (Å²) in [7, 11) is 0. The van der Waals surface area contributed by atoms with E-state index in [0.717, 1.165) is 55.6 Å². The number of carboxylic acids is 1. The summed E-state index contributed by atoms with van der Waals surface area (Å²) in [5, 5.41) is 44.4. The summed E-state index contributed by atoms with van der Waals surface area (Å²) in [4.78, 5) is 82.5. The van der Waals surface area contributed by atoms with Crippen molar-refractivity contribution >= 4 is 126 Å². The lowest BCUT2D eigenvalue weighted by atomic mass is 10.0. The molecule has 2 amide bonds. The fraction of sp³-hybridized carbons (Fsp3) is 0.227. The molecule has 0 fully saturated rings. The number of carbonyl (C=O) groups is 7. The highest BCUT2D eigenvalue weighted by molar-refractivity contribution is 9.09. The Bertz CT molecular complexity index is 3530. The molecule has 0 atom stereocenters. The summed E-state index contributed by atoms with van der Waals surface area (Å²) in [6, 6.07) is 39.1. The number of aliphatic hydroxyl groups is 1. The number of alkyl halides is 1. The van der Waals surface area contributed by atoms with Crippen LogP contribution >= 0.6 is 63.9 Å². The third kappa shape index (κ3) is 35.2. The van der Waals surface area contributed by atoms with Gasteiger partial charge in [0.2, 0.25) is 11.8 Å². The second-order valence-corrected chi connectivity index (χ2v) is 22.6. The number of aliphatic carboxylic acids is 1. The van der Waals surface area contributed by atoms with E-state index in [-0.39, 0.29) is 108 Å². The molecule has 7 rings (SSSR count). The van der Waals surface area contributed by atoms with Gasteiger partial charge in [-0.15, -0.1) is 11.3 Å². The van der Waals surface area contributed by atoms with E-state index in [0.29, 0.717) is 40.5 Å². The number of nitrogens with zero attached hydrogens (tertiary/aromatic N) is 1. The third-order valence-electron chi connectivity index (χ3n) is 11.6. The number of aryl methyl sites for hydroxylation is 2. The molecule has 0 bridgehead atoms. The summed E-state index contributed by atoms with van der Waals surface area (Å²) in [6.45, 7) is 13.0. The van der Waals surface area contributed by atoms with Crippen molar-refractivity contribution in [3.63, 3.8) is 0 Å². The lowest BCUT2D eigenvalue weighted by Gasteiger charge is -2.05. The van der Waals surface area contributed by atoms with Crippen LogP contribution in [0.5, 0.6) is 11.5 Å². The van der Waals surface area contributed by atoms with E-state index in [1.54, 1.807) is 79.0 Å². The number of Topliss-reactive ketones (excluding diaryl/α,β-unsaturated/α-hetero) is 2. The Morgan fingerprint density at radius 3 is 1.47 bits per heavy atom. The number of carboxylic acid groups (broad SMARTS) is 1. The Balaban J connectivity index is 0.000000393. The highest BCUT2D eigenvalue weighted by Gasteiger charge is 2.13. The highest BCUT2D eigenvalue weighted by atomic mass is 79.9. The average Bonchev–Trinajstić information content (AvgIpc) is 1.68. The number of halogens is 1. The molecule has 0 saturated carbocycles. The van der Waals surface area contributed by atoms with E-state index in [1.165, 1.54) is 42.9 Å². The minimum absolute atomic E-state index is 0.000000000000000222. The zero-order valence-corrected chi connectivity index (χ0v) is 56.0. The molecule has 0 saturated heterocycles. The van der Waals surface area contributed by atoms with Crippen molar-refractivity contribution in [2.45, 2.75) is 93.2 Å². The zero-order valence-electron chi connectivity index (χ0n) is 51.2. The summed E-state index contributed by atoms with van der Waals surface area (Å²) >= 11 is 17.7. The van der Waals surface area contributed by atoms with Crippen molar-refractivity contribution < 1.29 is 68.2 Å². The van der Waals surface area contributed by atoms with Crippen molar-refractivity contribution in [3.8, 4) is 22.8 Å². The number of aliphatic hydroxyl groups excluding tert-OH is 1. The molecular formula is C66H74BrN7O14S4. The van der Waals surface area contributed by atoms with Crippen LogP contribution in [0.2, 0.25) is 0 Å². The number of thiazole rings is 1. The number of anilines is 1. The molecule has 7 aromatic rings. The number of rotatable bonds is 22. The molecule has 6 aromatic carbocycles. The number of hydrogen-bond acceptors (Lipinski definition) is 18. The van der Waals surface area contributed by atoms with Gasteiger partial charge in [0, 0.05) is 42.8 Å². The molecule has 0 unspecified atom stereocenters. The van der Waals surface area contributed by atoms with Gasteiger partial charge in [0.15, 0.2) is 21.1 Å². The number of nitrogens with one attached hydrogen (secondary N) is 2. The molecule has 21 nitrogen and oxygen atoms in total. The Hall–Kier alpha value is -9.31. The third-order valence-corrected chi connectivity index (χ3v) is 13.1. The Morgan fingerprint density at radius 1 is 0.609 bits per heavy atom. The Kier molecular flexibility index (Phi) is 36.5. The fourth-order valence-electron chi connectivity index (χ4n) is 7.36. The van der Waals surface area contributed by atoms with Crippen molar-refractivity contribution in [1.82, 2.24) is 10.3 Å². The number of hydrogen-bond donors (Lipinski definition) is 10. The van der Waals surface area contributed by atoms with Gasteiger partial charge in [-0.25, -0.2) is 4.98 Å². The molecular weight excluding hydrogens is 1320 g/mol. The number of esters is 2. The van der Waals surface area contributed by atoms with Gasteiger partial charge in [-0.05, 0) is 107 Å². The van der Waals surface area contributed by atoms with Gasteiger partial charge in [0.05, 0.1) is 54.1 Å². The lowest BCUT2D eigenvalue weighted by molar-refractivity contribution is -0.143. The van der Waals surface area contributed by atoms with Gasteiger partial charge >= 0.3 is 17.9 Å². The predicted octanol–water partition coefficient (Wildman–Crippen LogP) is 9.52. The minimum Gasteiger partial charge on any atom is -0.508 e. The van der Waals surface area contributed by atoms with E-state index >= 15 is 0 Å². The van der Waals surface area contributed by atoms with E-state index in [2.05, 4.69) is 86.2 Å². The molecule has 0 aliphatic carbocycles. The topological polar surface area (TPSA) is 369 Å². The molecule has 0 radical (unpaired) electrons. The average molecular weight is 1400 g/mol. The summed E-state index contributed by atoms with van der Waals surface area (Å²) < 4.78 is 14.9. The first kappa shape index (κ1) is 78.8. The van der Waals surface area contributed by atoms with Crippen molar-refractivity contribution in [3.05, 3.63) is 212 Å². The van der Waals surface area contributed by atoms with Gasteiger partial charge in [0.25, 0.3) is 0 Å². The standard InChI is InChI=1S/C18H16N2O4S.C13H15NO3S.C12H14N2O3S.C12H14O3.C10H11BrO.CH4N2S/c21-9-12-3-1-11(2-4-12)7-17(24)20-18-19-15(10-25-18)14-6-5-13(22)8-16(14)23;1-9(15)17-8-11-4-2-10(3-5-11)6-12(16)7-13(14)18;1-8(15)17-7-10-4-2-9(3-5-10)6-11(16)14-12(13)18;1-9(2)15-8-11-5-3-10(4-6-11)7-12(13)14;1-7-3-4-9(8(2)5-7)10(12)6-11;2-1(3)4/h1-6,8,10,21-23H,7,9H2,(H,19,20,24);2-5H,6-8H2,1H3,(H2,14,18);2-5H,6-7H2,1H3,(H3,13,14,16,18);3-6H,1,7-8H2,2H3,(H,13,14);3-5H,6H2,1-2H3;(H4,2,3,4). The summed E-state index contributed by atoms with van der Waals surface area (Å²) in [5.74, 6) is -1.21. The quantitative estimate of drug-likeness (QED) is 0.00992. The van der Waals surface area contributed by atoms with Gasteiger partial charge < -0.3 is 68.2 Å². The number of phenolic OH excluding ortho intramolecular Hbond substituents is 2. The monoisotopic (exact) mass is 1400 g/mol. The maximum atomic E-state index is 12.1. The number of carbonyl (C=O) groups excluding carboxylic acids is 6. The van der Waals surface area contributed by atoms with E-state index < -0.39 is 5.97 Å². The minimum atomic E-state index is -0.819. The van der Waals surface area contributed by atoms with Crippen LogP contribution in [0, 0.1) is 13.8 Å². The van der Waals surface area contributed by atoms with Crippen molar-refractivity contribution in [1.29, 1.82) is 0 Å². The number of thiocarbonyl (C=S) groups is 3. The van der Waals surface area contributed by atoms with Crippen molar-refractivity contribution in [2.75, 3.05) is 10.6 Å². The first-order valence-electron chi connectivity index (χ1n) is 27.5. The molecule has 14 N–H and O–H groups in total. The Labute approximate surface area is 562 Å². The number of ketones is 2. The second kappa shape index (κ2) is 42.6.